The molecule has 0 fully saturated rings. The van der Waals surface area contributed by atoms with Crippen molar-refractivity contribution in [1.29, 1.82) is 0 Å². The molecule has 0 saturated heterocycles. The maximum absolute atomic E-state index is 11.2. The third-order valence-electron chi connectivity index (χ3n) is 2.95. The van der Waals surface area contributed by atoms with Gasteiger partial charge in [-0.2, -0.15) is 16.8 Å². The lowest BCUT2D eigenvalue weighted by Crippen LogP contribution is -2.10. The first-order valence-electron chi connectivity index (χ1n) is 6.48. The molecule has 1 aromatic rings. The summed E-state index contributed by atoms with van der Waals surface area (Å²) in [5.41, 5.74) is -1.47. The molecule has 0 aliphatic carbocycles. The van der Waals surface area contributed by atoms with Gasteiger partial charge in [-0.25, -0.2) is 0 Å². The van der Waals surface area contributed by atoms with Gasteiger partial charge in [0.15, 0.2) is 0 Å². The van der Waals surface area contributed by atoms with Gasteiger partial charge in [-0.15, -0.1) is 0 Å². The minimum atomic E-state index is -4.75. The molecule has 0 bridgehead atoms. The highest BCUT2D eigenvalue weighted by molar-refractivity contribution is 7.85. The number of hydrogen-bond donors (Lipinski definition) is 6. The van der Waals surface area contributed by atoms with Gasteiger partial charge in [-0.05, 0) is 22.3 Å². The van der Waals surface area contributed by atoms with Crippen molar-refractivity contribution in [1.82, 2.24) is 0 Å². The second kappa shape index (κ2) is 7.76. The molecule has 0 aliphatic heterocycles. The molecule has 0 spiro atoms. The predicted molar refractivity (Wildman–Crippen MR) is 88.4 cm³/mol. The molecular weight excluding hydrogens is 438 g/mol. The smallest absolute Gasteiger partial charge is 0.324 e. The molecule has 0 heterocycles. The summed E-state index contributed by atoms with van der Waals surface area (Å²) in [6, 6.07) is 1.64. The molecule has 12 nitrogen and oxygen atoms in total. The normalized spacial score (nSPS) is 13.8. The van der Waals surface area contributed by atoms with E-state index in [1.165, 1.54) is 0 Å². The Balaban J connectivity index is 3.68. The minimum Gasteiger partial charge on any atom is -0.324 e. The van der Waals surface area contributed by atoms with Crippen molar-refractivity contribution in [3.63, 3.8) is 0 Å². The second-order valence-electron chi connectivity index (χ2n) is 5.49. The molecule has 0 aliphatic rings. The molecule has 16 heteroatoms. The van der Waals surface area contributed by atoms with Gasteiger partial charge < -0.3 is 19.6 Å². The van der Waals surface area contributed by atoms with Gasteiger partial charge >= 0.3 is 15.2 Å². The van der Waals surface area contributed by atoms with E-state index in [0.29, 0.717) is 0 Å². The fourth-order valence-corrected chi connectivity index (χ4v) is 4.99. The van der Waals surface area contributed by atoms with E-state index >= 15 is 0 Å². The molecule has 0 aromatic heterocycles. The fourth-order valence-electron chi connectivity index (χ4n) is 2.19. The molecule has 0 unspecified atom stereocenters. The van der Waals surface area contributed by atoms with Gasteiger partial charge in [-0.1, -0.05) is 12.1 Å². The van der Waals surface area contributed by atoms with Crippen molar-refractivity contribution in [3.05, 3.63) is 34.4 Å². The second-order valence-corrected chi connectivity index (χ2v) is 11.7. The summed E-state index contributed by atoms with van der Waals surface area (Å²) < 4.78 is 84.8. The van der Waals surface area contributed by atoms with Gasteiger partial charge in [0.05, 0.1) is 12.3 Å². The predicted octanol–water partition coefficient (Wildman–Crippen LogP) is -0.182. The SMILES string of the molecule is O=P(O)(O)Cc1cc(CS(=O)(=O)O)c(CP(=O)(O)O)cc1CS(=O)(=O)O. The lowest BCUT2D eigenvalue weighted by molar-refractivity contribution is 0.369. The van der Waals surface area contributed by atoms with Crippen LogP contribution in [0.3, 0.4) is 0 Å². The average Bonchev–Trinajstić information content (AvgIpc) is 2.26. The average molecular weight is 454 g/mol. The zero-order valence-electron chi connectivity index (χ0n) is 12.8. The van der Waals surface area contributed by atoms with Crippen LogP contribution < -0.4 is 0 Å². The third-order valence-corrected chi connectivity index (χ3v) is 5.81. The Morgan fingerprint density at radius 1 is 0.654 bits per heavy atom. The van der Waals surface area contributed by atoms with Crippen molar-refractivity contribution in [2.24, 2.45) is 0 Å². The molecule has 0 atom stereocenters. The molecule has 1 rings (SSSR count). The quantitative estimate of drug-likeness (QED) is 0.222. The largest absolute Gasteiger partial charge is 0.329 e. The van der Waals surface area contributed by atoms with Crippen molar-refractivity contribution >= 4 is 35.4 Å². The number of hydrogen-bond acceptors (Lipinski definition) is 6. The Bertz CT molecular complexity index is 903. The molecule has 150 valence electrons. The molecule has 6 N–H and O–H groups in total. The Labute approximate surface area is 148 Å². The lowest BCUT2D eigenvalue weighted by atomic mass is 10.0. The summed E-state index contributed by atoms with van der Waals surface area (Å²) >= 11 is 0. The number of rotatable bonds is 8. The van der Waals surface area contributed by atoms with Crippen molar-refractivity contribution in [3.8, 4) is 0 Å². The molecule has 26 heavy (non-hydrogen) atoms. The first-order chi connectivity index (χ1) is 11.3. The summed E-state index contributed by atoms with van der Waals surface area (Å²) in [6.07, 6.45) is -2.04. The van der Waals surface area contributed by atoms with Crippen LogP contribution in [0.4, 0.5) is 0 Å². The van der Waals surface area contributed by atoms with Crippen LogP contribution in [0.2, 0.25) is 0 Å². The summed E-state index contributed by atoms with van der Waals surface area (Å²) in [7, 11) is -18.9. The van der Waals surface area contributed by atoms with Crippen LogP contribution in [0.25, 0.3) is 0 Å². The summed E-state index contributed by atoms with van der Waals surface area (Å²) in [5.74, 6) is -2.24. The highest BCUT2D eigenvalue weighted by atomic mass is 32.2. The number of benzene rings is 1. The lowest BCUT2D eigenvalue weighted by Gasteiger charge is -2.16. The molecule has 0 amide bonds. The Morgan fingerprint density at radius 2 is 0.923 bits per heavy atom. The van der Waals surface area contributed by atoms with Gasteiger partial charge in [0.25, 0.3) is 20.2 Å². The van der Waals surface area contributed by atoms with Gasteiger partial charge in [0.2, 0.25) is 0 Å². The molecule has 0 saturated carbocycles. The topological polar surface area (TPSA) is 224 Å². The van der Waals surface area contributed by atoms with E-state index in [2.05, 4.69) is 0 Å². The third kappa shape index (κ3) is 9.33. The highest BCUT2D eigenvalue weighted by Crippen LogP contribution is 2.43. The zero-order valence-corrected chi connectivity index (χ0v) is 16.2. The fraction of sp³-hybridized carbons (Fsp3) is 0.400. The van der Waals surface area contributed by atoms with Crippen molar-refractivity contribution in [2.45, 2.75) is 23.8 Å². The van der Waals surface area contributed by atoms with Crippen LogP contribution in [0.5, 0.6) is 0 Å². The zero-order chi connectivity index (χ0) is 20.6. The highest BCUT2D eigenvalue weighted by Gasteiger charge is 2.25. The van der Waals surface area contributed by atoms with Crippen LogP contribution in [-0.2, 0) is 53.2 Å². The summed E-state index contributed by atoms with van der Waals surface area (Å²) in [6.45, 7) is 0. The molecule has 0 radical (unpaired) electrons. The summed E-state index contributed by atoms with van der Waals surface area (Å²) in [4.78, 5) is 36.3. The minimum absolute atomic E-state index is 0.357. The van der Waals surface area contributed by atoms with E-state index in [1.54, 1.807) is 0 Å². The van der Waals surface area contributed by atoms with Crippen molar-refractivity contribution < 1.29 is 54.6 Å². The Hall–Kier alpha value is -0.660. The van der Waals surface area contributed by atoms with E-state index in [-0.39, 0.29) is 22.3 Å². The monoisotopic (exact) mass is 454 g/mol. The van der Waals surface area contributed by atoms with Crippen LogP contribution in [0, 0.1) is 0 Å². The van der Waals surface area contributed by atoms with Gasteiger partial charge in [0, 0.05) is 0 Å². The molecular formula is C10H16O12P2S2. The van der Waals surface area contributed by atoms with E-state index in [0.717, 1.165) is 12.1 Å². The van der Waals surface area contributed by atoms with E-state index < -0.39 is 59.3 Å². The van der Waals surface area contributed by atoms with Crippen LogP contribution in [-0.4, -0.2) is 45.5 Å². The maximum atomic E-state index is 11.2. The van der Waals surface area contributed by atoms with E-state index in [9.17, 15) is 26.0 Å². The Kier molecular flexibility index (Phi) is 6.98. The summed E-state index contributed by atoms with van der Waals surface area (Å²) in [5, 5.41) is 0. The van der Waals surface area contributed by atoms with Crippen LogP contribution >= 0.6 is 15.2 Å². The van der Waals surface area contributed by atoms with Gasteiger partial charge in [0.1, 0.15) is 11.5 Å². The first-order valence-corrected chi connectivity index (χ1v) is 13.3. The van der Waals surface area contributed by atoms with Crippen LogP contribution in [0.1, 0.15) is 22.3 Å². The standard InChI is InChI=1S/C10H16O12P2S2/c11-23(12,13)3-7-1-9(5-25(17,18)19)8(4-24(14,15)16)2-10(7)6-26(20,21)22/h1-2H,3-6H2,(H2,11,12,13)(H2,14,15,16)(H,17,18,19)(H,20,21,22). The first kappa shape index (κ1) is 23.4. The Morgan fingerprint density at radius 3 is 1.12 bits per heavy atom. The van der Waals surface area contributed by atoms with E-state index in [4.69, 9.17) is 28.7 Å². The van der Waals surface area contributed by atoms with Gasteiger partial charge in [-0.3, -0.25) is 18.2 Å². The van der Waals surface area contributed by atoms with Crippen molar-refractivity contribution in [2.75, 3.05) is 0 Å². The maximum Gasteiger partial charge on any atom is 0.329 e. The van der Waals surface area contributed by atoms with Crippen LogP contribution in [0.15, 0.2) is 12.1 Å². The molecule has 1 aromatic carbocycles. The van der Waals surface area contributed by atoms with E-state index in [1.807, 2.05) is 0 Å².